The molecule has 2 aliphatic heterocycles. The van der Waals surface area contributed by atoms with Gasteiger partial charge in [-0.2, -0.15) is 17.0 Å². The van der Waals surface area contributed by atoms with Crippen LogP contribution in [0.25, 0.3) is 0 Å². The van der Waals surface area contributed by atoms with Gasteiger partial charge < -0.3 is 9.47 Å². The summed E-state index contributed by atoms with van der Waals surface area (Å²) in [5.74, 6) is -0.531. The van der Waals surface area contributed by atoms with E-state index >= 15 is 0 Å². The highest BCUT2D eigenvalue weighted by Crippen LogP contribution is 2.28. The number of methoxy groups -OCH3 is 1. The van der Waals surface area contributed by atoms with Crippen LogP contribution in [0, 0.1) is 0 Å². The van der Waals surface area contributed by atoms with Crippen LogP contribution in [0.5, 0.6) is 0 Å². The third-order valence-electron chi connectivity index (χ3n) is 4.27. The zero-order chi connectivity index (χ0) is 16.4. The number of hydrogen-bond acceptors (Lipinski definition) is 5. The van der Waals surface area contributed by atoms with Crippen molar-refractivity contribution in [2.24, 2.45) is 0 Å². The number of carbonyl (C=O) groups is 1. The van der Waals surface area contributed by atoms with Crippen molar-refractivity contribution in [3.05, 3.63) is 35.4 Å². The van der Waals surface area contributed by atoms with Crippen molar-refractivity contribution in [2.75, 3.05) is 33.4 Å². The van der Waals surface area contributed by atoms with Crippen molar-refractivity contribution in [2.45, 2.75) is 19.0 Å². The van der Waals surface area contributed by atoms with E-state index in [2.05, 4.69) is 0 Å². The fourth-order valence-electron chi connectivity index (χ4n) is 3.00. The topological polar surface area (TPSA) is 76.2 Å². The molecular weight excluding hydrogens is 320 g/mol. The minimum absolute atomic E-state index is 0.176. The lowest BCUT2D eigenvalue weighted by atomic mass is 9.96. The van der Waals surface area contributed by atoms with Crippen LogP contribution < -0.4 is 0 Å². The number of morpholine rings is 1. The van der Waals surface area contributed by atoms with Crippen LogP contribution in [-0.4, -0.2) is 62.5 Å². The molecule has 0 radical (unpaired) electrons. The largest absolute Gasteiger partial charge is 0.468 e. The van der Waals surface area contributed by atoms with Crippen molar-refractivity contribution in [1.29, 1.82) is 0 Å². The molecular formula is C15H20N2O5S. The molecule has 1 atom stereocenters. The molecule has 8 heteroatoms. The smallest absolute Gasteiger partial charge is 0.324 e. The molecule has 1 unspecified atom stereocenters. The average molecular weight is 340 g/mol. The molecule has 3 rings (SSSR count). The molecule has 7 nitrogen and oxygen atoms in total. The van der Waals surface area contributed by atoms with Crippen molar-refractivity contribution >= 4 is 16.2 Å². The first kappa shape index (κ1) is 16.4. The van der Waals surface area contributed by atoms with Gasteiger partial charge in [0.2, 0.25) is 0 Å². The Labute approximate surface area is 136 Å². The van der Waals surface area contributed by atoms with E-state index in [9.17, 15) is 13.2 Å². The molecule has 23 heavy (non-hydrogen) atoms. The molecule has 0 saturated carbocycles. The molecule has 0 amide bonds. The summed E-state index contributed by atoms with van der Waals surface area (Å²) in [6, 6.07) is 6.74. The molecule has 0 spiro atoms. The highest BCUT2D eigenvalue weighted by atomic mass is 32.2. The van der Waals surface area contributed by atoms with Gasteiger partial charge in [0, 0.05) is 26.1 Å². The second-order valence-electron chi connectivity index (χ2n) is 5.58. The predicted molar refractivity (Wildman–Crippen MR) is 82.8 cm³/mol. The van der Waals surface area contributed by atoms with Crippen LogP contribution in [0.4, 0.5) is 0 Å². The van der Waals surface area contributed by atoms with Gasteiger partial charge in [-0.25, -0.2) is 0 Å². The minimum Gasteiger partial charge on any atom is -0.468 e. The Hall–Kier alpha value is -1.48. The molecule has 1 fully saturated rings. The molecule has 1 saturated heterocycles. The number of benzene rings is 1. The molecule has 2 heterocycles. The van der Waals surface area contributed by atoms with Gasteiger partial charge in [0.05, 0.1) is 20.3 Å². The van der Waals surface area contributed by atoms with Gasteiger partial charge in [0.25, 0.3) is 10.2 Å². The quantitative estimate of drug-likeness (QED) is 0.733. The molecule has 0 N–H and O–H groups in total. The fourth-order valence-corrected chi connectivity index (χ4v) is 4.70. The van der Waals surface area contributed by atoms with Gasteiger partial charge >= 0.3 is 5.97 Å². The maximum absolute atomic E-state index is 13.0. The zero-order valence-corrected chi connectivity index (χ0v) is 13.8. The highest BCUT2D eigenvalue weighted by molar-refractivity contribution is 7.86. The van der Waals surface area contributed by atoms with E-state index in [0.29, 0.717) is 32.7 Å². The Morgan fingerprint density at radius 1 is 1.22 bits per heavy atom. The van der Waals surface area contributed by atoms with Crippen LogP contribution in [0.15, 0.2) is 24.3 Å². The second kappa shape index (κ2) is 6.56. The molecule has 126 valence electrons. The third-order valence-corrected chi connectivity index (χ3v) is 6.27. The summed E-state index contributed by atoms with van der Waals surface area (Å²) >= 11 is 0. The van der Waals surface area contributed by atoms with Crippen molar-refractivity contribution in [3.63, 3.8) is 0 Å². The van der Waals surface area contributed by atoms with Gasteiger partial charge in [-0.05, 0) is 11.1 Å². The predicted octanol–water partition coefficient (Wildman–Crippen LogP) is 0.163. The number of fused-ring (bicyclic) bond motifs is 1. The first-order valence-corrected chi connectivity index (χ1v) is 8.93. The first-order chi connectivity index (χ1) is 11.0. The maximum Gasteiger partial charge on any atom is 0.324 e. The van der Waals surface area contributed by atoms with Crippen molar-refractivity contribution in [1.82, 2.24) is 8.61 Å². The third kappa shape index (κ3) is 3.12. The lowest BCUT2D eigenvalue weighted by Crippen LogP contribution is -2.55. The lowest BCUT2D eigenvalue weighted by Gasteiger charge is -2.38. The average Bonchev–Trinajstić information content (AvgIpc) is 2.60. The SMILES string of the molecule is COC(=O)C1Cc2ccccc2CN1S(=O)(=O)N1CCOCC1. The van der Waals surface area contributed by atoms with E-state index in [-0.39, 0.29) is 6.54 Å². The Morgan fingerprint density at radius 2 is 1.87 bits per heavy atom. The summed E-state index contributed by atoms with van der Waals surface area (Å²) in [6.45, 7) is 1.51. The van der Waals surface area contributed by atoms with Gasteiger partial charge in [-0.15, -0.1) is 0 Å². The normalized spacial score (nSPS) is 23.3. The number of esters is 1. The van der Waals surface area contributed by atoms with E-state index in [0.717, 1.165) is 11.1 Å². The summed E-state index contributed by atoms with van der Waals surface area (Å²) in [7, 11) is -2.47. The number of rotatable bonds is 3. The molecule has 1 aromatic rings. The number of hydrogen-bond donors (Lipinski definition) is 0. The Morgan fingerprint density at radius 3 is 2.52 bits per heavy atom. The molecule has 0 bridgehead atoms. The molecule has 1 aromatic carbocycles. The standard InChI is InChI=1S/C15H20N2O5S/c1-21-15(18)14-10-12-4-2-3-5-13(12)11-17(14)23(19,20)16-6-8-22-9-7-16/h2-5,14H,6-11H2,1H3. The summed E-state index contributed by atoms with van der Waals surface area (Å²) in [5, 5.41) is 0. The van der Waals surface area contributed by atoms with Crippen LogP contribution >= 0.6 is 0 Å². The Bertz CT molecular complexity index is 685. The molecule has 2 aliphatic rings. The van der Waals surface area contributed by atoms with Gasteiger partial charge in [-0.3, -0.25) is 4.79 Å². The van der Waals surface area contributed by atoms with Gasteiger partial charge in [0.1, 0.15) is 6.04 Å². The number of ether oxygens (including phenoxy) is 2. The zero-order valence-electron chi connectivity index (χ0n) is 13.0. The number of carbonyl (C=O) groups excluding carboxylic acids is 1. The van der Waals surface area contributed by atoms with E-state index in [4.69, 9.17) is 9.47 Å². The Kier molecular flexibility index (Phi) is 4.67. The summed E-state index contributed by atoms with van der Waals surface area (Å²) in [4.78, 5) is 12.1. The maximum atomic E-state index is 13.0. The minimum atomic E-state index is -3.75. The lowest BCUT2D eigenvalue weighted by molar-refractivity contribution is -0.145. The first-order valence-electron chi connectivity index (χ1n) is 7.53. The monoisotopic (exact) mass is 340 g/mol. The van der Waals surface area contributed by atoms with Crippen molar-refractivity contribution in [3.8, 4) is 0 Å². The van der Waals surface area contributed by atoms with Crippen LogP contribution in [0.1, 0.15) is 11.1 Å². The van der Waals surface area contributed by atoms with Crippen LogP contribution in [0.2, 0.25) is 0 Å². The van der Waals surface area contributed by atoms with Gasteiger partial charge in [-0.1, -0.05) is 24.3 Å². The van der Waals surface area contributed by atoms with Gasteiger partial charge in [0.15, 0.2) is 0 Å². The van der Waals surface area contributed by atoms with E-state index in [1.807, 2.05) is 24.3 Å². The summed E-state index contributed by atoms with van der Waals surface area (Å²) in [6.07, 6.45) is 0.326. The summed E-state index contributed by atoms with van der Waals surface area (Å²) < 4.78 is 38.6. The molecule has 0 aromatic heterocycles. The van der Waals surface area contributed by atoms with Crippen molar-refractivity contribution < 1.29 is 22.7 Å². The second-order valence-corrected chi connectivity index (χ2v) is 7.46. The van der Waals surface area contributed by atoms with E-state index in [1.54, 1.807) is 0 Å². The fraction of sp³-hybridized carbons (Fsp3) is 0.533. The highest BCUT2D eigenvalue weighted by Gasteiger charge is 2.42. The van der Waals surface area contributed by atoms with E-state index < -0.39 is 22.2 Å². The number of nitrogens with zero attached hydrogens (tertiary/aromatic N) is 2. The van der Waals surface area contributed by atoms with Crippen LogP contribution in [-0.2, 0) is 37.4 Å². The Balaban J connectivity index is 1.95. The molecule has 0 aliphatic carbocycles. The summed E-state index contributed by atoms with van der Waals surface area (Å²) in [5.41, 5.74) is 1.90. The van der Waals surface area contributed by atoms with Crippen LogP contribution in [0.3, 0.4) is 0 Å². The van der Waals surface area contributed by atoms with E-state index in [1.165, 1.54) is 15.7 Å².